The van der Waals surface area contributed by atoms with Crippen LogP contribution in [0.3, 0.4) is 0 Å². The summed E-state index contributed by atoms with van der Waals surface area (Å²) in [6, 6.07) is 12.2. The number of hydrogen-bond donors (Lipinski definition) is 2. The van der Waals surface area contributed by atoms with Crippen molar-refractivity contribution >= 4 is 23.2 Å². The minimum Gasteiger partial charge on any atom is -0.444 e. The molecule has 1 aromatic carbocycles. The number of hydrogen-bond acceptors (Lipinski definition) is 5. The Morgan fingerprint density at radius 1 is 1.20 bits per heavy atom. The standard InChI is InChI=1S/C22H27N5O2S/c1-16-6-8-17(9-7-16)21-26-18(15-29-21)13-24-22(25-14-20(28)27(2)3)23-11-10-19-5-4-12-30-19/h4-9,12,15H,10-11,13-14H2,1-3H3,(H2,23,24,25). The number of likely N-dealkylation sites (N-methyl/N-ethyl adjacent to an activating group) is 1. The number of rotatable bonds is 8. The minimum absolute atomic E-state index is 0.0224. The maximum absolute atomic E-state index is 11.9. The van der Waals surface area contributed by atoms with Gasteiger partial charge in [0.15, 0.2) is 5.96 Å². The van der Waals surface area contributed by atoms with Crippen LogP contribution >= 0.6 is 11.3 Å². The van der Waals surface area contributed by atoms with Crippen molar-refractivity contribution in [3.8, 4) is 11.5 Å². The third-order valence-corrected chi connectivity index (χ3v) is 5.34. The lowest BCUT2D eigenvalue weighted by atomic mass is 10.1. The lowest BCUT2D eigenvalue weighted by Gasteiger charge is -2.14. The number of guanidine groups is 1. The van der Waals surface area contributed by atoms with Crippen molar-refractivity contribution in [1.29, 1.82) is 0 Å². The summed E-state index contributed by atoms with van der Waals surface area (Å²) < 4.78 is 5.60. The molecule has 0 spiro atoms. The van der Waals surface area contributed by atoms with Gasteiger partial charge in [0.2, 0.25) is 11.8 Å². The van der Waals surface area contributed by atoms with Crippen LogP contribution in [0.5, 0.6) is 0 Å². The van der Waals surface area contributed by atoms with Crippen LogP contribution < -0.4 is 10.6 Å². The van der Waals surface area contributed by atoms with Gasteiger partial charge in [-0.25, -0.2) is 9.98 Å². The van der Waals surface area contributed by atoms with Crippen molar-refractivity contribution in [2.75, 3.05) is 27.2 Å². The normalized spacial score (nSPS) is 11.4. The number of oxazole rings is 1. The Morgan fingerprint density at radius 2 is 2.00 bits per heavy atom. The highest BCUT2D eigenvalue weighted by molar-refractivity contribution is 7.09. The fraction of sp³-hybridized carbons (Fsp3) is 0.318. The van der Waals surface area contributed by atoms with Crippen molar-refractivity contribution in [3.05, 3.63) is 64.2 Å². The minimum atomic E-state index is -0.0224. The molecule has 0 bridgehead atoms. The molecule has 0 saturated carbocycles. The quantitative estimate of drug-likeness (QED) is 0.428. The van der Waals surface area contributed by atoms with Crippen LogP contribution in [-0.2, 0) is 17.8 Å². The number of carbonyl (C=O) groups excluding carboxylic acids is 1. The van der Waals surface area contributed by atoms with Gasteiger partial charge in [-0.15, -0.1) is 11.3 Å². The fourth-order valence-electron chi connectivity index (χ4n) is 2.62. The summed E-state index contributed by atoms with van der Waals surface area (Å²) in [4.78, 5) is 23.9. The van der Waals surface area contributed by atoms with E-state index in [9.17, 15) is 4.79 Å². The zero-order chi connectivity index (χ0) is 21.3. The molecule has 0 saturated heterocycles. The summed E-state index contributed by atoms with van der Waals surface area (Å²) in [7, 11) is 3.46. The molecule has 0 unspecified atom stereocenters. The van der Waals surface area contributed by atoms with Gasteiger partial charge in [-0.2, -0.15) is 0 Å². The Morgan fingerprint density at radius 3 is 2.70 bits per heavy atom. The number of aromatic nitrogens is 1. The summed E-state index contributed by atoms with van der Waals surface area (Å²) in [6.07, 6.45) is 2.51. The van der Waals surface area contributed by atoms with Crippen LogP contribution in [-0.4, -0.2) is 48.9 Å². The largest absolute Gasteiger partial charge is 0.444 e. The molecule has 3 rings (SSSR count). The Balaban J connectivity index is 1.62. The molecule has 0 atom stereocenters. The zero-order valence-electron chi connectivity index (χ0n) is 17.5. The van der Waals surface area contributed by atoms with E-state index in [-0.39, 0.29) is 12.5 Å². The molecule has 3 aromatic rings. The number of nitrogens with one attached hydrogen (secondary N) is 2. The van der Waals surface area contributed by atoms with E-state index in [0.717, 1.165) is 24.2 Å². The van der Waals surface area contributed by atoms with E-state index in [1.807, 2.05) is 37.3 Å². The van der Waals surface area contributed by atoms with E-state index < -0.39 is 0 Å². The van der Waals surface area contributed by atoms with Crippen molar-refractivity contribution < 1.29 is 9.21 Å². The molecular weight excluding hydrogens is 398 g/mol. The van der Waals surface area contributed by atoms with Crippen molar-refractivity contribution in [1.82, 2.24) is 20.5 Å². The average molecular weight is 426 g/mol. The molecule has 7 nitrogen and oxygen atoms in total. The fourth-order valence-corrected chi connectivity index (χ4v) is 3.33. The summed E-state index contributed by atoms with van der Waals surface area (Å²) in [6.45, 7) is 3.28. The maximum atomic E-state index is 11.9. The molecule has 0 aliphatic heterocycles. The molecule has 8 heteroatoms. The zero-order valence-corrected chi connectivity index (χ0v) is 18.3. The van der Waals surface area contributed by atoms with Crippen molar-refractivity contribution in [2.45, 2.75) is 19.9 Å². The van der Waals surface area contributed by atoms with Crippen LogP contribution in [0.4, 0.5) is 0 Å². The Labute approximate surface area is 180 Å². The molecule has 158 valence electrons. The van der Waals surface area contributed by atoms with Gasteiger partial charge in [0.25, 0.3) is 0 Å². The highest BCUT2D eigenvalue weighted by Gasteiger charge is 2.09. The van der Waals surface area contributed by atoms with Gasteiger partial charge in [0.1, 0.15) is 12.0 Å². The van der Waals surface area contributed by atoms with Gasteiger partial charge in [0.05, 0.1) is 13.1 Å². The molecule has 0 radical (unpaired) electrons. The monoisotopic (exact) mass is 425 g/mol. The number of aryl methyl sites for hydroxylation is 1. The van der Waals surface area contributed by atoms with Gasteiger partial charge in [-0.05, 0) is 36.9 Å². The molecule has 0 aliphatic rings. The van der Waals surface area contributed by atoms with Crippen LogP contribution in [0, 0.1) is 6.92 Å². The molecule has 2 heterocycles. The second-order valence-corrected chi connectivity index (χ2v) is 8.10. The first-order chi connectivity index (χ1) is 14.5. The molecular formula is C22H27N5O2S. The van der Waals surface area contributed by atoms with Crippen LogP contribution in [0.1, 0.15) is 16.1 Å². The number of amides is 1. The smallest absolute Gasteiger partial charge is 0.241 e. The first kappa shape index (κ1) is 21.6. The van der Waals surface area contributed by atoms with Crippen LogP contribution in [0.2, 0.25) is 0 Å². The van der Waals surface area contributed by atoms with Crippen LogP contribution in [0.15, 0.2) is 57.5 Å². The van der Waals surface area contributed by atoms with E-state index >= 15 is 0 Å². The van der Waals surface area contributed by atoms with Gasteiger partial charge in [-0.1, -0.05) is 23.8 Å². The maximum Gasteiger partial charge on any atom is 0.241 e. The van der Waals surface area contributed by atoms with E-state index in [1.165, 1.54) is 10.4 Å². The molecule has 2 aromatic heterocycles. The van der Waals surface area contributed by atoms with Crippen LogP contribution in [0.25, 0.3) is 11.5 Å². The Hall–Kier alpha value is -3.13. The highest BCUT2D eigenvalue weighted by Crippen LogP contribution is 2.19. The van der Waals surface area contributed by atoms with E-state index in [2.05, 4.69) is 32.1 Å². The number of carbonyl (C=O) groups is 1. The Bertz CT molecular complexity index is 962. The summed E-state index contributed by atoms with van der Waals surface area (Å²) in [5.41, 5.74) is 2.84. The topological polar surface area (TPSA) is 82.8 Å². The average Bonchev–Trinajstić information content (AvgIpc) is 3.42. The second kappa shape index (κ2) is 10.6. The highest BCUT2D eigenvalue weighted by atomic mass is 32.1. The molecule has 0 aliphatic carbocycles. The predicted octanol–water partition coefficient (Wildman–Crippen LogP) is 3.08. The number of thiophene rings is 1. The lowest BCUT2D eigenvalue weighted by Crippen LogP contribution is -2.43. The number of benzene rings is 1. The lowest BCUT2D eigenvalue weighted by molar-refractivity contribution is -0.127. The summed E-state index contributed by atoms with van der Waals surface area (Å²) in [5, 5.41) is 8.44. The van der Waals surface area contributed by atoms with Gasteiger partial charge >= 0.3 is 0 Å². The summed E-state index contributed by atoms with van der Waals surface area (Å²) in [5.74, 6) is 1.12. The Kier molecular flexibility index (Phi) is 7.62. The van der Waals surface area contributed by atoms with E-state index in [4.69, 9.17) is 4.42 Å². The van der Waals surface area contributed by atoms with Crippen molar-refractivity contribution in [2.24, 2.45) is 4.99 Å². The first-order valence-electron chi connectivity index (χ1n) is 9.77. The predicted molar refractivity (Wildman–Crippen MR) is 121 cm³/mol. The number of nitrogens with zero attached hydrogens (tertiary/aromatic N) is 3. The van der Waals surface area contributed by atoms with E-state index in [0.29, 0.717) is 18.4 Å². The third kappa shape index (κ3) is 6.45. The molecule has 2 N–H and O–H groups in total. The first-order valence-corrected chi connectivity index (χ1v) is 10.7. The van der Waals surface area contributed by atoms with Crippen molar-refractivity contribution in [3.63, 3.8) is 0 Å². The SMILES string of the molecule is Cc1ccc(-c2nc(CN=C(NCCc3cccs3)NCC(=O)N(C)C)co2)cc1. The van der Waals surface area contributed by atoms with E-state index in [1.54, 1.807) is 36.6 Å². The van der Waals surface area contributed by atoms with Gasteiger partial charge in [-0.3, -0.25) is 4.79 Å². The molecule has 1 amide bonds. The second-order valence-electron chi connectivity index (χ2n) is 7.07. The van der Waals surface area contributed by atoms with Gasteiger partial charge in [0, 0.05) is 31.1 Å². The third-order valence-electron chi connectivity index (χ3n) is 4.40. The summed E-state index contributed by atoms with van der Waals surface area (Å²) >= 11 is 1.73. The molecule has 30 heavy (non-hydrogen) atoms. The number of aliphatic imine (C=N–C) groups is 1. The molecule has 0 fully saturated rings. The van der Waals surface area contributed by atoms with Gasteiger partial charge < -0.3 is 20.0 Å².